The second-order valence-corrected chi connectivity index (χ2v) is 9.11. The zero-order valence-corrected chi connectivity index (χ0v) is 15.9. The summed E-state index contributed by atoms with van der Waals surface area (Å²) >= 11 is 0. The Morgan fingerprint density at radius 3 is 2.67 bits per heavy atom. The molecule has 146 valence electrons. The van der Waals surface area contributed by atoms with Crippen LogP contribution in [0, 0.1) is 41.4 Å². The summed E-state index contributed by atoms with van der Waals surface area (Å²) in [5.74, 6) is -0.989. The molecule has 4 aliphatic carbocycles. The van der Waals surface area contributed by atoms with Gasteiger partial charge in [-0.3, -0.25) is 9.59 Å². The van der Waals surface area contributed by atoms with Crippen molar-refractivity contribution in [2.45, 2.75) is 70.3 Å². The summed E-state index contributed by atoms with van der Waals surface area (Å²) in [6.07, 6.45) is 10.5. The Kier molecular flexibility index (Phi) is 4.07. The van der Waals surface area contributed by atoms with Crippen LogP contribution in [-0.2, 0) is 14.3 Å². The van der Waals surface area contributed by atoms with Gasteiger partial charge in [-0.05, 0) is 61.9 Å². The molecule has 4 rings (SSSR count). The highest BCUT2D eigenvalue weighted by molar-refractivity contribution is 5.91. The Labute approximate surface area is 158 Å². The third-order valence-corrected chi connectivity index (χ3v) is 8.01. The highest BCUT2D eigenvalue weighted by Crippen LogP contribution is 2.67. The number of carbonyl (C=O) groups is 2. The first-order chi connectivity index (χ1) is 12.6. The van der Waals surface area contributed by atoms with Gasteiger partial charge < -0.3 is 4.74 Å². The van der Waals surface area contributed by atoms with Crippen LogP contribution in [0.5, 0.6) is 0 Å². The number of alkyl halides is 2. The van der Waals surface area contributed by atoms with Crippen molar-refractivity contribution in [3.05, 3.63) is 11.6 Å². The van der Waals surface area contributed by atoms with Gasteiger partial charge in [0.15, 0.2) is 11.4 Å². The minimum Gasteiger partial charge on any atom is -0.445 e. The van der Waals surface area contributed by atoms with E-state index >= 15 is 8.78 Å². The van der Waals surface area contributed by atoms with E-state index < -0.39 is 22.9 Å². The van der Waals surface area contributed by atoms with E-state index in [0.717, 1.165) is 12.8 Å². The van der Waals surface area contributed by atoms with Crippen molar-refractivity contribution in [3.63, 3.8) is 0 Å². The number of rotatable bonds is 1. The molecule has 3 saturated carbocycles. The third-order valence-electron chi connectivity index (χ3n) is 8.01. The lowest BCUT2D eigenvalue weighted by Crippen LogP contribution is -2.56. The van der Waals surface area contributed by atoms with Gasteiger partial charge in [0.2, 0.25) is 0 Å². The number of carbonyl (C=O) groups excluding carboxylic acids is 2. The topological polar surface area (TPSA) is 43.4 Å². The van der Waals surface area contributed by atoms with Gasteiger partial charge >= 0.3 is 5.97 Å². The number of fused-ring (bicyclic) bond motifs is 5. The lowest BCUT2D eigenvalue weighted by Gasteiger charge is -2.56. The molecule has 6 atom stereocenters. The second kappa shape index (κ2) is 5.90. The van der Waals surface area contributed by atoms with E-state index in [1.54, 1.807) is 0 Å². The van der Waals surface area contributed by atoms with Crippen molar-refractivity contribution < 1.29 is 23.1 Å². The summed E-state index contributed by atoms with van der Waals surface area (Å²) in [7, 11) is 0. The Morgan fingerprint density at radius 1 is 1.26 bits per heavy atom. The first kappa shape index (κ1) is 18.7. The lowest BCUT2D eigenvalue weighted by molar-refractivity contribution is -0.171. The van der Waals surface area contributed by atoms with Crippen LogP contribution in [0.25, 0.3) is 0 Å². The van der Waals surface area contributed by atoms with Crippen LogP contribution in [0.4, 0.5) is 8.78 Å². The predicted octanol–water partition coefficient (Wildman–Crippen LogP) is 4.31. The van der Waals surface area contributed by atoms with Crippen LogP contribution in [0.2, 0.25) is 0 Å². The van der Waals surface area contributed by atoms with Crippen molar-refractivity contribution in [1.29, 1.82) is 0 Å². The maximum atomic E-state index is 15.0. The van der Waals surface area contributed by atoms with E-state index in [0.29, 0.717) is 25.7 Å². The molecule has 5 heteroatoms. The molecular weight excluding hydrogens is 350 g/mol. The number of terminal acetylenes is 1. The first-order valence-electron chi connectivity index (χ1n) is 9.94. The highest BCUT2D eigenvalue weighted by Gasteiger charge is 2.66. The fourth-order valence-electron chi connectivity index (χ4n) is 6.83. The fraction of sp³-hybridized carbons (Fsp3) is 0.727. The van der Waals surface area contributed by atoms with E-state index in [-0.39, 0.29) is 41.4 Å². The van der Waals surface area contributed by atoms with Crippen LogP contribution in [0.3, 0.4) is 0 Å². The number of ketones is 1. The van der Waals surface area contributed by atoms with Gasteiger partial charge in [0, 0.05) is 30.8 Å². The first-order valence-corrected chi connectivity index (χ1v) is 9.94. The van der Waals surface area contributed by atoms with Crippen molar-refractivity contribution in [3.8, 4) is 12.3 Å². The molecule has 0 aromatic heterocycles. The number of esters is 1. The molecule has 0 unspecified atom stereocenters. The number of ether oxygens (including phenoxy) is 1. The maximum absolute atomic E-state index is 15.0. The molecule has 0 N–H and O–H groups in total. The van der Waals surface area contributed by atoms with Gasteiger partial charge in [-0.25, -0.2) is 8.78 Å². The predicted molar refractivity (Wildman–Crippen MR) is 95.8 cm³/mol. The SMILES string of the molecule is C#C[C@]1(OC(C)=O)CC[C@H]2[C@@H]3CC(F)(F)C4=CC(=O)CC[C@@H]4[C@H]3CC[C@@]21C. The molecule has 0 aliphatic heterocycles. The Balaban J connectivity index is 1.71. The van der Waals surface area contributed by atoms with Gasteiger partial charge in [0.1, 0.15) is 0 Å². The quantitative estimate of drug-likeness (QED) is 0.506. The molecule has 0 spiro atoms. The Hall–Kier alpha value is -1.70. The average molecular weight is 376 g/mol. The number of hydrogen-bond donors (Lipinski definition) is 0. The van der Waals surface area contributed by atoms with E-state index in [2.05, 4.69) is 5.92 Å². The van der Waals surface area contributed by atoms with Crippen molar-refractivity contribution in [1.82, 2.24) is 0 Å². The molecule has 0 amide bonds. The third kappa shape index (κ3) is 2.52. The molecule has 0 saturated heterocycles. The molecular formula is C22H26F2O3. The van der Waals surface area contributed by atoms with Crippen LogP contribution in [0.1, 0.15) is 58.8 Å². The molecule has 0 heterocycles. The molecule has 0 bridgehead atoms. The van der Waals surface area contributed by atoms with Crippen molar-refractivity contribution >= 4 is 11.8 Å². The molecule has 0 aromatic carbocycles. The number of halogens is 2. The normalized spacial score (nSPS) is 45.0. The highest BCUT2D eigenvalue weighted by atomic mass is 19.3. The Morgan fingerprint density at radius 2 is 2.00 bits per heavy atom. The standard InChI is InChI=1S/C22H26F2O3/c1-4-21(27-13(2)25)10-8-18-17-12-22(23,24)19-11-14(26)5-6-16(19)15(17)7-9-20(18,21)3/h1,11,15-18H,5-10,12H2,2-3H3/t15-,16-,17-,18+,20+,21+/m1/s1. The molecule has 3 nitrogen and oxygen atoms in total. The van der Waals surface area contributed by atoms with Gasteiger partial charge in [-0.1, -0.05) is 12.8 Å². The van der Waals surface area contributed by atoms with Crippen molar-refractivity contribution in [2.75, 3.05) is 0 Å². The van der Waals surface area contributed by atoms with Gasteiger partial charge in [-0.2, -0.15) is 0 Å². The number of hydrogen-bond acceptors (Lipinski definition) is 3. The monoisotopic (exact) mass is 376 g/mol. The zero-order chi connectivity index (χ0) is 19.6. The van der Waals surface area contributed by atoms with Crippen LogP contribution in [-0.4, -0.2) is 23.3 Å². The summed E-state index contributed by atoms with van der Waals surface area (Å²) < 4.78 is 35.7. The zero-order valence-electron chi connectivity index (χ0n) is 15.9. The van der Waals surface area contributed by atoms with Crippen LogP contribution in [0.15, 0.2) is 11.6 Å². The van der Waals surface area contributed by atoms with E-state index in [1.807, 2.05) is 6.92 Å². The van der Waals surface area contributed by atoms with Crippen molar-refractivity contribution in [2.24, 2.45) is 29.1 Å². The maximum Gasteiger partial charge on any atom is 0.304 e. The van der Waals surface area contributed by atoms with Crippen LogP contribution < -0.4 is 0 Å². The summed E-state index contributed by atoms with van der Waals surface area (Å²) in [5, 5.41) is 0. The number of allylic oxidation sites excluding steroid dienone is 1. The van der Waals surface area contributed by atoms with E-state index in [1.165, 1.54) is 13.0 Å². The van der Waals surface area contributed by atoms with Crippen LogP contribution >= 0.6 is 0 Å². The fourth-order valence-corrected chi connectivity index (χ4v) is 6.83. The molecule has 0 aromatic rings. The minimum atomic E-state index is -2.94. The van der Waals surface area contributed by atoms with Gasteiger partial charge in [0.25, 0.3) is 5.92 Å². The summed E-state index contributed by atoms with van der Waals surface area (Å²) in [5.41, 5.74) is -1.41. The Bertz CT molecular complexity index is 764. The van der Waals surface area contributed by atoms with E-state index in [4.69, 9.17) is 11.2 Å². The molecule has 27 heavy (non-hydrogen) atoms. The molecule has 4 aliphatic rings. The average Bonchev–Trinajstić information content (AvgIpc) is 2.88. The van der Waals surface area contributed by atoms with Gasteiger partial charge in [0.05, 0.1) is 0 Å². The second-order valence-electron chi connectivity index (χ2n) is 9.11. The lowest BCUT2D eigenvalue weighted by atomic mass is 9.50. The molecule has 0 radical (unpaired) electrons. The summed E-state index contributed by atoms with van der Waals surface area (Å²) in [6.45, 7) is 3.38. The van der Waals surface area contributed by atoms with Gasteiger partial charge in [-0.15, -0.1) is 6.42 Å². The largest absolute Gasteiger partial charge is 0.445 e. The molecule has 3 fully saturated rings. The smallest absolute Gasteiger partial charge is 0.304 e. The summed E-state index contributed by atoms with van der Waals surface area (Å²) in [6, 6.07) is 0. The minimum absolute atomic E-state index is 0.0108. The summed E-state index contributed by atoms with van der Waals surface area (Å²) in [4.78, 5) is 23.5. The van der Waals surface area contributed by atoms with E-state index in [9.17, 15) is 9.59 Å².